The standard InChI is InChI=1S/C16H13N3O2/c20-16-13-8-4-5-9-14(13)21-15(18-16)10-11-17-19-12-6-2-1-3-7-12/h1-11,17,19H/b11-10+. The van der Waals surface area contributed by atoms with Crippen molar-refractivity contribution in [3.8, 4) is 0 Å². The van der Waals surface area contributed by atoms with Crippen LogP contribution >= 0.6 is 0 Å². The van der Waals surface area contributed by atoms with Gasteiger partial charge in [0, 0.05) is 12.3 Å². The molecule has 2 N–H and O–H groups in total. The van der Waals surface area contributed by atoms with E-state index in [1.54, 1.807) is 30.5 Å². The quantitative estimate of drug-likeness (QED) is 0.719. The van der Waals surface area contributed by atoms with Gasteiger partial charge in [-0.3, -0.25) is 4.79 Å². The summed E-state index contributed by atoms with van der Waals surface area (Å²) in [6, 6.07) is 16.7. The van der Waals surface area contributed by atoms with Gasteiger partial charge in [-0.25, -0.2) is 0 Å². The second-order valence-electron chi connectivity index (χ2n) is 4.32. The molecule has 0 spiro atoms. The van der Waals surface area contributed by atoms with Gasteiger partial charge in [0.2, 0.25) is 5.89 Å². The van der Waals surface area contributed by atoms with Crippen molar-refractivity contribution in [2.75, 3.05) is 5.43 Å². The number of rotatable bonds is 4. The highest BCUT2D eigenvalue weighted by Crippen LogP contribution is 2.10. The Labute approximate surface area is 120 Å². The van der Waals surface area contributed by atoms with E-state index >= 15 is 0 Å². The number of hydrogen-bond acceptors (Lipinski definition) is 5. The van der Waals surface area contributed by atoms with Crippen molar-refractivity contribution < 1.29 is 4.42 Å². The predicted molar refractivity (Wildman–Crippen MR) is 82.5 cm³/mol. The minimum Gasteiger partial charge on any atom is -0.438 e. The van der Waals surface area contributed by atoms with E-state index in [9.17, 15) is 4.79 Å². The molecule has 1 heterocycles. The van der Waals surface area contributed by atoms with Crippen molar-refractivity contribution in [3.05, 3.63) is 77.0 Å². The topological polar surface area (TPSA) is 67.2 Å². The Morgan fingerprint density at radius 2 is 1.76 bits per heavy atom. The number of para-hydroxylation sites is 2. The zero-order valence-corrected chi connectivity index (χ0v) is 11.1. The summed E-state index contributed by atoms with van der Waals surface area (Å²) in [7, 11) is 0. The van der Waals surface area contributed by atoms with Gasteiger partial charge in [-0.1, -0.05) is 30.3 Å². The molecule has 0 amide bonds. The van der Waals surface area contributed by atoms with Crippen molar-refractivity contribution in [2.45, 2.75) is 0 Å². The van der Waals surface area contributed by atoms with Crippen LogP contribution in [0.5, 0.6) is 0 Å². The van der Waals surface area contributed by atoms with Crippen LogP contribution in [0.1, 0.15) is 5.89 Å². The number of benzene rings is 2. The van der Waals surface area contributed by atoms with Gasteiger partial charge >= 0.3 is 0 Å². The second kappa shape index (κ2) is 5.92. The first-order chi connectivity index (χ1) is 10.3. The second-order valence-corrected chi connectivity index (χ2v) is 4.32. The number of hydrazine groups is 1. The summed E-state index contributed by atoms with van der Waals surface area (Å²) in [6.45, 7) is 0. The summed E-state index contributed by atoms with van der Waals surface area (Å²) >= 11 is 0. The van der Waals surface area contributed by atoms with Gasteiger partial charge in [0.1, 0.15) is 5.58 Å². The van der Waals surface area contributed by atoms with Crippen molar-refractivity contribution in [2.24, 2.45) is 0 Å². The molecule has 0 fully saturated rings. The molecule has 0 aliphatic carbocycles. The molecule has 5 nitrogen and oxygen atoms in total. The van der Waals surface area contributed by atoms with Gasteiger partial charge in [-0.15, -0.1) is 0 Å². The van der Waals surface area contributed by atoms with Gasteiger partial charge in [0.15, 0.2) is 0 Å². The van der Waals surface area contributed by atoms with E-state index in [0.29, 0.717) is 11.0 Å². The van der Waals surface area contributed by atoms with Crippen LogP contribution in [-0.2, 0) is 0 Å². The maximum absolute atomic E-state index is 11.8. The van der Waals surface area contributed by atoms with Gasteiger partial charge in [0.25, 0.3) is 5.56 Å². The fourth-order valence-corrected chi connectivity index (χ4v) is 1.86. The van der Waals surface area contributed by atoms with E-state index in [4.69, 9.17) is 4.42 Å². The van der Waals surface area contributed by atoms with E-state index in [-0.39, 0.29) is 11.4 Å². The van der Waals surface area contributed by atoms with Crippen LogP contribution in [0, 0.1) is 0 Å². The van der Waals surface area contributed by atoms with E-state index in [2.05, 4.69) is 15.8 Å². The molecule has 3 rings (SSSR count). The van der Waals surface area contributed by atoms with Crippen LogP contribution in [0.25, 0.3) is 17.0 Å². The van der Waals surface area contributed by atoms with Crippen molar-refractivity contribution >= 4 is 22.7 Å². The molecule has 0 bridgehead atoms. The summed E-state index contributed by atoms with van der Waals surface area (Å²) in [5.74, 6) is 0.251. The minimum absolute atomic E-state index is 0.251. The van der Waals surface area contributed by atoms with Crippen LogP contribution in [0.4, 0.5) is 5.69 Å². The van der Waals surface area contributed by atoms with Crippen LogP contribution in [0.2, 0.25) is 0 Å². The van der Waals surface area contributed by atoms with E-state index in [1.807, 2.05) is 36.4 Å². The number of aromatic nitrogens is 1. The van der Waals surface area contributed by atoms with Crippen molar-refractivity contribution in [3.63, 3.8) is 0 Å². The zero-order chi connectivity index (χ0) is 14.5. The normalized spacial score (nSPS) is 10.9. The SMILES string of the molecule is O=c1nc(/C=C/NNc2ccccc2)oc2ccccc12. The molecule has 0 radical (unpaired) electrons. The van der Waals surface area contributed by atoms with Crippen LogP contribution < -0.4 is 16.4 Å². The lowest BCUT2D eigenvalue weighted by molar-refractivity contribution is 0.563. The molecule has 0 unspecified atom stereocenters. The van der Waals surface area contributed by atoms with Crippen LogP contribution in [-0.4, -0.2) is 4.98 Å². The Bertz CT molecular complexity index is 826. The third-order valence-corrected chi connectivity index (χ3v) is 2.84. The van der Waals surface area contributed by atoms with E-state index in [1.165, 1.54) is 0 Å². The molecule has 2 aromatic carbocycles. The zero-order valence-electron chi connectivity index (χ0n) is 11.1. The molecule has 1 aromatic heterocycles. The summed E-state index contributed by atoms with van der Waals surface area (Å²) in [6.07, 6.45) is 3.21. The molecule has 104 valence electrons. The largest absolute Gasteiger partial charge is 0.438 e. The van der Waals surface area contributed by atoms with Crippen LogP contribution in [0.3, 0.4) is 0 Å². The smallest absolute Gasteiger partial charge is 0.284 e. The van der Waals surface area contributed by atoms with Gasteiger partial charge in [-0.2, -0.15) is 4.98 Å². The maximum Gasteiger partial charge on any atom is 0.284 e. The third-order valence-electron chi connectivity index (χ3n) is 2.84. The number of anilines is 1. The van der Waals surface area contributed by atoms with Crippen molar-refractivity contribution in [1.82, 2.24) is 10.4 Å². The number of hydrogen-bond donors (Lipinski definition) is 2. The average Bonchev–Trinajstić information content (AvgIpc) is 2.53. The molecular formula is C16H13N3O2. The lowest BCUT2D eigenvalue weighted by atomic mass is 10.2. The highest BCUT2D eigenvalue weighted by atomic mass is 16.3. The number of nitrogens with one attached hydrogen (secondary N) is 2. The molecule has 3 aromatic rings. The fraction of sp³-hybridized carbons (Fsp3) is 0. The summed E-state index contributed by atoms with van der Waals surface area (Å²) in [4.78, 5) is 15.7. The minimum atomic E-state index is -0.299. The Hall–Kier alpha value is -3.08. The first-order valence-electron chi connectivity index (χ1n) is 6.46. The summed E-state index contributed by atoms with van der Waals surface area (Å²) in [5, 5.41) is 0.477. The van der Waals surface area contributed by atoms with E-state index < -0.39 is 0 Å². The first kappa shape index (κ1) is 12.9. The molecule has 0 saturated carbocycles. The molecular weight excluding hydrogens is 266 g/mol. The average molecular weight is 279 g/mol. The third kappa shape index (κ3) is 3.09. The lowest BCUT2D eigenvalue weighted by Crippen LogP contribution is -2.14. The summed E-state index contributed by atoms with van der Waals surface area (Å²) < 4.78 is 5.53. The van der Waals surface area contributed by atoms with Gasteiger partial charge in [0.05, 0.1) is 11.1 Å². The van der Waals surface area contributed by atoms with Gasteiger partial charge in [-0.05, 0) is 24.3 Å². The molecule has 0 atom stereocenters. The first-order valence-corrected chi connectivity index (χ1v) is 6.46. The Kier molecular flexibility index (Phi) is 3.64. The number of fused-ring (bicyclic) bond motifs is 1. The Morgan fingerprint density at radius 1 is 1.00 bits per heavy atom. The van der Waals surface area contributed by atoms with E-state index in [0.717, 1.165) is 5.69 Å². The predicted octanol–water partition coefficient (Wildman–Crippen LogP) is 2.78. The molecule has 5 heteroatoms. The monoisotopic (exact) mass is 279 g/mol. The lowest BCUT2D eigenvalue weighted by Gasteiger charge is -2.04. The van der Waals surface area contributed by atoms with Crippen LogP contribution in [0.15, 0.2) is 70.0 Å². The Balaban J connectivity index is 1.73. The molecule has 0 saturated heterocycles. The Morgan fingerprint density at radius 3 is 2.62 bits per heavy atom. The maximum atomic E-state index is 11.8. The molecule has 0 aliphatic rings. The number of nitrogens with zero attached hydrogens (tertiary/aromatic N) is 1. The summed E-state index contributed by atoms with van der Waals surface area (Å²) in [5.41, 5.74) is 7.02. The highest BCUT2D eigenvalue weighted by Gasteiger charge is 2.02. The highest BCUT2D eigenvalue weighted by molar-refractivity contribution is 5.75. The molecule has 0 aliphatic heterocycles. The fourth-order valence-electron chi connectivity index (χ4n) is 1.86. The molecule has 21 heavy (non-hydrogen) atoms. The van der Waals surface area contributed by atoms with Gasteiger partial charge < -0.3 is 15.3 Å². The van der Waals surface area contributed by atoms with Crippen molar-refractivity contribution in [1.29, 1.82) is 0 Å².